The lowest BCUT2D eigenvalue weighted by Gasteiger charge is -2.21. The topological polar surface area (TPSA) is 60.9 Å². The maximum atomic E-state index is 12.9. The SMILES string of the molecule is O=C(O)C[C@@H]1CCCN(C(=O)c2cccc(CN3CCCC3)c2)CC1. The first-order valence-corrected chi connectivity index (χ1v) is 9.44. The Morgan fingerprint density at radius 2 is 1.84 bits per heavy atom. The molecule has 5 nitrogen and oxygen atoms in total. The summed E-state index contributed by atoms with van der Waals surface area (Å²) in [5.74, 6) is -0.463. The number of benzene rings is 1. The van der Waals surface area contributed by atoms with Crippen LogP contribution >= 0.6 is 0 Å². The first-order chi connectivity index (χ1) is 12.1. The lowest BCUT2D eigenvalue weighted by atomic mass is 9.97. The predicted octanol–water partition coefficient (Wildman–Crippen LogP) is 3.00. The molecule has 25 heavy (non-hydrogen) atoms. The molecular formula is C20H28N2O3. The fraction of sp³-hybridized carbons (Fsp3) is 0.600. The van der Waals surface area contributed by atoms with E-state index in [-0.39, 0.29) is 18.2 Å². The van der Waals surface area contributed by atoms with Crippen molar-refractivity contribution in [3.05, 3.63) is 35.4 Å². The number of amides is 1. The van der Waals surface area contributed by atoms with Crippen LogP contribution in [0.3, 0.4) is 0 Å². The molecule has 2 heterocycles. The van der Waals surface area contributed by atoms with E-state index in [4.69, 9.17) is 5.11 Å². The highest BCUT2D eigenvalue weighted by atomic mass is 16.4. The summed E-state index contributed by atoms with van der Waals surface area (Å²) in [5, 5.41) is 8.97. The van der Waals surface area contributed by atoms with E-state index in [1.807, 2.05) is 23.1 Å². The van der Waals surface area contributed by atoms with Gasteiger partial charge in [0.25, 0.3) is 5.91 Å². The highest BCUT2D eigenvalue weighted by Gasteiger charge is 2.23. The molecule has 136 valence electrons. The van der Waals surface area contributed by atoms with Gasteiger partial charge in [0.1, 0.15) is 0 Å². The number of carboxylic acid groups (broad SMARTS) is 1. The van der Waals surface area contributed by atoms with Crippen LogP contribution in [0.5, 0.6) is 0 Å². The molecule has 1 aromatic carbocycles. The zero-order chi connectivity index (χ0) is 17.6. The third-order valence-electron chi connectivity index (χ3n) is 5.38. The van der Waals surface area contributed by atoms with Gasteiger partial charge in [-0.2, -0.15) is 0 Å². The summed E-state index contributed by atoms with van der Waals surface area (Å²) in [5.41, 5.74) is 1.96. The third-order valence-corrected chi connectivity index (χ3v) is 5.38. The standard InChI is InChI=1S/C20H28N2O3/c23-19(24)14-16-6-4-11-22(12-8-16)20(25)18-7-3-5-17(13-18)15-21-9-1-2-10-21/h3,5,7,13,16H,1-2,4,6,8-12,14-15H2,(H,23,24)/t16-/m1/s1. The fourth-order valence-corrected chi connectivity index (χ4v) is 4.00. The first kappa shape index (κ1) is 17.9. The molecule has 0 radical (unpaired) electrons. The Kier molecular flexibility index (Phi) is 6.08. The number of aliphatic carboxylic acids is 1. The van der Waals surface area contributed by atoms with Crippen LogP contribution < -0.4 is 0 Å². The number of carbonyl (C=O) groups is 2. The van der Waals surface area contributed by atoms with E-state index in [1.165, 1.54) is 18.4 Å². The van der Waals surface area contributed by atoms with Crippen LogP contribution in [-0.2, 0) is 11.3 Å². The van der Waals surface area contributed by atoms with E-state index in [0.29, 0.717) is 6.54 Å². The second-order valence-corrected chi connectivity index (χ2v) is 7.37. The summed E-state index contributed by atoms with van der Waals surface area (Å²) in [6.07, 6.45) is 5.31. The van der Waals surface area contributed by atoms with Crippen LogP contribution in [0, 0.1) is 5.92 Å². The van der Waals surface area contributed by atoms with Crippen molar-refractivity contribution in [2.24, 2.45) is 5.92 Å². The van der Waals surface area contributed by atoms with Crippen molar-refractivity contribution in [3.63, 3.8) is 0 Å². The maximum Gasteiger partial charge on any atom is 0.303 e. The van der Waals surface area contributed by atoms with Gasteiger partial charge >= 0.3 is 5.97 Å². The molecule has 0 aromatic heterocycles. The zero-order valence-corrected chi connectivity index (χ0v) is 14.8. The molecule has 3 rings (SSSR count). The number of rotatable bonds is 5. The van der Waals surface area contributed by atoms with E-state index in [2.05, 4.69) is 11.0 Å². The average Bonchev–Trinajstić information content (AvgIpc) is 2.99. The van der Waals surface area contributed by atoms with Gasteiger partial charge in [-0.15, -0.1) is 0 Å². The molecule has 2 saturated heterocycles. The van der Waals surface area contributed by atoms with E-state index < -0.39 is 5.97 Å². The summed E-state index contributed by atoms with van der Waals surface area (Å²) in [4.78, 5) is 28.1. The molecule has 1 N–H and O–H groups in total. The smallest absolute Gasteiger partial charge is 0.303 e. The van der Waals surface area contributed by atoms with Crippen LogP contribution in [-0.4, -0.2) is 53.0 Å². The lowest BCUT2D eigenvalue weighted by Crippen LogP contribution is -2.32. The van der Waals surface area contributed by atoms with Crippen molar-refractivity contribution in [2.45, 2.75) is 45.1 Å². The monoisotopic (exact) mass is 344 g/mol. The zero-order valence-electron chi connectivity index (χ0n) is 14.8. The maximum absolute atomic E-state index is 12.9. The summed E-state index contributed by atoms with van der Waals surface area (Å²) in [6.45, 7) is 4.60. The molecule has 5 heteroatoms. The number of carboxylic acids is 1. The second-order valence-electron chi connectivity index (χ2n) is 7.37. The minimum atomic E-state index is -0.737. The van der Waals surface area contributed by atoms with Gasteiger partial charge in [0.15, 0.2) is 0 Å². The van der Waals surface area contributed by atoms with Crippen molar-refractivity contribution in [2.75, 3.05) is 26.2 Å². The number of likely N-dealkylation sites (tertiary alicyclic amines) is 2. The van der Waals surface area contributed by atoms with Gasteiger partial charge in [-0.05, 0) is 68.8 Å². The van der Waals surface area contributed by atoms with Gasteiger partial charge in [-0.3, -0.25) is 14.5 Å². The van der Waals surface area contributed by atoms with Crippen LogP contribution in [0.2, 0.25) is 0 Å². The van der Waals surface area contributed by atoms with Crippen LogP contribution in [0.4, 0.5) is 0 Å². The number of nitrogens with zero attached hydrogens (tertiary/aromatic N) is 2. The largest absolute Gasteiger partial charge is 0.481 e. The molecular weight excluding hydrogens is 316 g/mol. The molecule has 2 aliphatic rings. The Labute approximate surface area is 149 Å². The van der Waals surface area contributed by atoms with Gasteiger partial charge in [0.05, 0.1) is 0 Å². The molecule has 0 aliphatic carbocycles. The molecule has 2 aliphatic heterocycles. The van der Waals surface area contributed by atoms with Crippen LogP contribution in [0.25, 0.3) is 0 Å². The lowest BCUT2D eigenvalue weighted by molar-refractivity contribution is -0.138. The predicted molar refractivity (Wildman–Crippen MR) is 96.5 cm³/mol. The number of hydrogen-bond acceptors (Lipinski definition) is 3. The molecule has 0 unspecified atom stereocenters. The molecule has 0 spiro atoms. The van der Waals surface area contributed by atoms with Gasteiger partial charge in [0.2, 0.25) is 0 Å². The van der Waals surface area contributed by atoms with Crippen molar-refractivity contribution < 1.29 is 14.7 Å². The second kappa shape index (κ2) is 8.48. The fourth-order valence-electron chi connectivity index (χ4n) is 4.00. The van der Waals surface area contributed by atoms with E-state index >= 15 is 0 Å². The number of carbonyl (C=O) groups excluding carboxylic acids is 1. The van der Waals surface area contributed by atoms with Gasteiger partial charge in [-0.1, -0.05) is 12.1 Å². The van der Waals surface area contributed by atoms with Gasteiger partial charge in [-0.25, -0.2) is 0 Å². The van der Waals surface area contributed by atoms with Crippen molar-refractivity contribution in [3.8, 4) is 0 Å². The Morgan fingerprint density at radius 1 is 1.04 bits per heavy atom. The first-order valence-electron chi connectivity index (χ1n) is 9.44. The summed E-state index contributed by atoms with van der Waals surface area (Å²) >= 11 is 0. The van der Waals surface area contributed by atoms with Crippen molar-refractivity contribution in [1.29, 1.82) is 0 Å². The average molecular weight is 344 g/mol. The Hall–Kier alpha value is -1.88. The normalized spacial score (nSPS) is 21.9. The van der Waals surface area contributed by atoms with Crippen molar-refractivity contribution in [1.82, 2.24) is 9.80 Å². The van der Waals surface area contributed by atoms with Crippen molar-refractivity contribution >= 4 is 11.9 Å². The molecule has 1 amide bonds. The number of hydrogen-bond donors (Lipinski definition) is 1. The molecule has 0 saturated carbocycles. The Morgan fingerprint density at radius 3 is 2.60 bits per heavy atom. The Balaban J connectivity index is 1.61. The molecule has 2 fully saturated rings. The van der Waals surface area contributed by atoms with E-state index in [1.54, 1.807) is 0 Å². The van der Waals surface area contributed by atoms with Crippen LogP contribution in [0.15, 0.2) is 24.3 Å². The van der Waals surface area contributed by atoms with Gasteiger partial charge in [0, 0.05) is 31.6 Å². The van der Waals surface area contributed by atoms with Gasteiger partial charge < -0.3 is 10.0 Å². The van der Waals surface area contributed by atoms with E-state index in [0.717, 1.165) is 51.0 Å². The third kappa shape index (κ3) is 5.05. The molecule has 0 bridgehead atoms. The minimum Gasteiger partial charge on any atom is -0.481 e. The minimum absolute atomic E-state index is 0.0826. The summed E-state index contributed by atoms with van der Waals surface area (Å²) < 4.78 is 0. The van der Waals surface area contributed by atoms with Crippen LogP contribution in [0.1, 0.15) is 54.4 Å². The van der Waals surface area contributed by atoms with E-state index in [9.17, 15) is 9.59 Å². The summed E-state index contributed by atoms with van der Waals surface area (Å²) in [6, 6.07) is 8.00. The summed E-state index contributed by atoms with van der Waals surface area (Å²) in [7, 11) is 0. The molecule has 1 aromatic rings. The highest BCUT2D eigenvalue weighted by Crippen LogP contribution is 2.22. The quantitative estimate of drug-likeness (QED) is 0.892. The Bertz CT molecular complexity index is 611. The molecule has 1 atom stereocenters. The highest BCUT2D eigenvalue weighted by molar-refractivity contribution is 5.94.